The van der Waals surface area contributed by atoms with E-state index in [4.69, 9.17) is 9.84 Å². The maximum Gasteiger partial charge on any atom is 0.317 e. The van der Waals surface area contributed by atoms with Gasteiger partial charge in [-0.15, -0.1) is 0 Å². The van der Waals surface area contributed by atoms with Crippen molar-refractivity contribution >= 4 is 14.8 Å². The maximum absolute atomic E-state index is 10.4. The summed E-state index contributed by atoms with van der Waals surface area (Å²) in [5.74, 6) is -0.887. The monoisotopic (exact) mass is 263 g/mol. The fourth-order valence-corrected chi connectivity index (χ4v) is 2.50. The van der Waals surface area contributed by atoms with Crippen LogP contribution in [0.15, 0.2) is 0 Å². The van der Waals surface area contributed by atoms with Crippen molar-refractivity contribution in [2.24, 2.45) is 0 Å². The van der Waals surface area contributed by atoms with Crippen LogP contribution in [0.5, 0.6) is 0 Å². The summed E-state index contributed by atoms with van der Waals surface area (Å²) in [4.78, 5) is 12.0. The molecule has 1 unspecified atom stereocenters. The van der Waals surface area contributed by atoms with Gasteiger partial charge >= 0.3 is 5.97 Å². The molecule has 0 aromatic rings. The molecule has 1 atom stereocenters. The zero-order chi connectivity index (χ0) is 13.3. The third kappa shape index (κ3) is 11.8. The van der Waals surface area contributed by atoms with Crippen LogP contribution in [0.3, 0.4) is 0 Å². The lowest BCUT2D eigenvalue weighted by Crippen LogP contribution is -2.35. The van der Waals surface area contributed by atoms with Crippen molar-refractivity contribution in [1.29, 1.82) is 0 Å². The van der Waals surface area contributed by atoms with Gasteiger partial charge in [-0.3, -0.25) is 9.69 Å². The molecule has 0 spiro atoms. The first-order valence-electron chi connectivity index (χ1n) is 6.08. The van der Waals surface area contributed by atoms with E-state index in [0.29, 0.717) is 13.2 Å². The van der Waals surface area contributed by atoms with Crippen molar-refractivity contribution in [3.8, 4) is 0 Å². The second kappa shape index (κ2) is 9.58. The van der Waals surface area contributed by atoms with Gasteiger partial charge in [0.1, 0.15) is 0 Å². The van der Waals surface area contributed by atoms with Crippen molar-refractivity contribution in [2.45, 2.75) is 31.7 Å². The van der Waals surface area contributed by atoms with Gasteiger partial charge in [0.15, 0.2) is 0 Å². The summed E-state index contributed by atoms with van der Waals surface area (Å²) in [6, 6.07) is 1.26. The van der Waals surface area contributed by atoms with E-state index in [2.05, 4.69) is 13.1 Å². The standard InChI is InChI=1S/C11H25NO4Si/c1-12(8-11(14)15)7-10(13)9-16-5-4-6-17(2)3/h10,13,17H,4-9H2,1-3H3,(H,14,15). The molecule has 0 amide bonds. The Morgan fingerprint density at radius 3 is 2.65 bits per heavy atom. The van der Waals surface area contributed by atoms with Gasteiger partial charge in [0.2, 0.25) is 0 Å². The van der Waals surface area contributed by atoms with Crippen LogP contribution in [0, 0.1) is 0 Å². The maximum atomic E-state index is 10.4. The SMILES string of the molecule is CN(CC(=O)O)CC(O)COCCC[SiH](C)C. The molecule has 0 saturated heterocycles. The van der Waals surface area contributed by atoms with Crippen molar-refractivity contribution in [3.05, 3.63) is 0 Å². The summed E-state index contributed by atoms with van der Waals surface area (Å²) in [6.45, 7) is 5.83. The third-order valence-electron chi connectivity index (χ3n) is 2.31. The molecule has 0 heterocycles. The highest BCUT2D eigenvalue weighted by atomic mass is 28.3. The number of rotatable bonds is 10. The smallest absolute Gasteiger partial charge is 0.317 e. The molecule has 102 valence electrons. The van der Waals surface area contributed by atoms with E-state index in [-0.39, 0.29) is 13.2 Å². The Bertz CT molecular complexity index is 214. The summed E-state index contributed by atoms with van der Waals surface area (Å²) in [7, 11) is 1.17. The minimum absolute atomic E-state index is 0.0595. The lowest BCUT2D eigenvalue weighted by atomic mass is 10.3. The number of hydrogen-bond acceptors (Lipinski definition) is 4. The van der Waals surface area contributed by atoms with Gasteiger partial charge in [-0.2, -0.15) is 0 Å². The minimum Gasteiger partial charge on any atom is -0.480 e. The number of carboxylic acids is 1. The van der Waals surface area contributed by atoms with E-state index >= 15 is 0 Å². The molecular formula is C11H25NO4Si. The Balaban J connectivity index is 3.45. The third-order valence-corrected chi connectivity index (χ3v) is 3.87. The molecule has 0 rings (SSSR count). The second-order valence-electron chi connectivity index (χ2n) is 4.86. The first-order chi connectivity index (χ1) is 7.91. The summed E-state index contributed by atoms with van der Waals surface area (Å²) < 4.78 is 5.35. The van der Waals surface area contributed by atoms with Crippen molar-refractivity contribution in [2.75, 3.05) is 33.4 Å². The summed E-state index contributed by atoms with van der Waals surface area (Å²) in [5.41, 5.74) is 0. The Labute approximate surface area is 105 Å². The van der Waals surface area contributed by atoms with Gasteiger partial charge in [-0.25, -0.2) is 0 Å². The molecule has 6 heteroatoms. The van der Waals surface area contributed by atoms with Gasteiger partial charge in [-0.05, 0) is 13.5 Å². The number of aliphatic carboxylic acids is 1. The predicted molar refractivity (Wildman–Crippen MR) is 70.3 cm³/mol. The predicted octanol–water partition coefficient (Wildman–Crippen LogP) is 0.257. The number of ether oxygens (including phenoxy) is 1. The van der Waals surface area contributed by atoms with Gasteiger partial charge < -0.3 is 14.9 Å². The Morgan fingerprint density at radius 2 is 2.12 bits per heavy atom. The molecule has 0 aliphatic heterocycles. The van der Waals surface area contributed by atoms with Crippen molar-refractivity contribution in [1.82, 2.24) is 4.90 Å². The zero-order valence-electron chi connectivity index (χ0n) is 11.1. The number of nitrogens with zero attached hydrogens (tertiary/aromatic N) is 1. The first-order valence-corrected chi connectivity index (χ1v) is 9.20. The number of aliphatic hydroxyl groups excluding tert-OH is 1. The van der Waals surface area contributed by atoms with Crippen LogP contribution in [-0.4, -0.2) is 69.3 Å². The average molecular weight is 263 g/mol. The molecule has 0 radical (unpaired) electrons. The van der Waals surface area contributed by atoms with Crippen LogP contribution in [0.4, 0.5) is 0 Å². The normalized spacial score (nSPS) is 13.3. The van der Waals surface area contributed by atoms with Gasteiger partial charge in [0.05, 0.1) is 19.3 Å². The van der Waals surface area contributed by atoms with E-state index in [1.54, 1.807) is 11.9 Å². The topological polar surface area (TPSA) is 70.0 Å². The molecule has 0 aromatic heterocycles. The van der Waals surface area contributed by atoms with E-state index in [9.17, 15) is 9.90 Å². The summed E-state index contributed by atoms with van der Waals surface area (Å²) >= 11 is 0. The molecule has 0 aromatic carbocycles. The molecular weight excluding hydrogens is 238 g/mol. The van der Waals surface area contributed by atoms with E-state index < -0.39 is 20.9 Å². The molecule has 0 saturated carbocycles. The van der Waals surface area contributed by atoms with Gasteiger partial charge in [0, 0.05) is 21.9 Å². The summed E-state index contributed by atoms with van der Waals surface area (Å²) in [5, 5.41) is 18.1. The molecule has 0 aliphatic carbocycles. The zero-order valence-corrected chi connectivity index (χ0v) is 12.2. The fourth-order valence-electron chi connectivity index (χ4n) is 1.52. The van der Waals surface area contributed by atoms with Crippen LogP contribution in [-0.2, 0) is 9.53 Å². The highest BCUT2D eigenvalue weighted by Gasteiger charge is 2.10. The molecule has 0 bridgehead atoms. The van der Waals surface area contributed by atoms with Crippen molar-refractivity contribution < 1.29 is 19.7 Å². The van der Waals surface area contributed by atoms with E-state index in [1.807, 2.05) is 0 Å². The lowest BCUT2D eigenvalue weighted by molar-refractivity contribution is -0.138. The fraction of sp³-hybridized carbons (Fsp3) is 0.909. The minimum atomic E-state index is -0.887. The summed E-state index contributed by atoms with van der Waals surface area (Å²) in [6.07, 6.45) is 0.442. The van der Waals surface area contributed by atoms with Crippen LogP contribution in [0.1, 0.15) is 6.42 Å². The number of hydrogen-bond donors (Lipinski definition) is 2. The van der Waals surface area contributed by atoms with Crippen LogP contribution < -0.4 is 0 Å². The lowest BCUT2D eigenvalue weighted by Gasteiger charge is -2.18. The Kier molecular flexibility index (Phi) is 9.34. The average Bonchev–Trinajstić information content (AvgIpc) is 2.14. The first kappa shape index (κ1) is 16.6. The molecule has 0 aliphatic rings. The van der Waals surface area contributed by atoms with Crippen molar-refractivity contribution in [3.63, 3.8) is 0 Å². The van der Waals surface area contributed by atoms with Gasteiger partial charge in [-0.1, -0.05) is 19.1 Å². The van der Waals surface area contributed by atoms with E-state index in [0.717, 1.165) is 6.42 Å². The quantitative estimate of drug-likeness (QED) is 0.437. The van der Waals surface area contributed by atoms with E-state index in [1.165, 1.54) is 6.04 Å². The Hall–Kier alpha value is -0.433. The Morgan fingerprint density at radius 1 is 1.47 bits per heavy atom. The largest absolute Gasteiger partial charge is 0.480 e. The van der Waals surface area contributed by atoms with Crippen LogP contribution >= 0.6 is 0 Å². The second-order valence-corrected chi connectivity index (χ2v) is 8.22. The molecule has 5 nitrogen and oxygen atoms in total. The van der Waals surface area contributed by atoms with Crippen LogP contribution in [0.25, 0.3) is 0 Å². The molecule has 17 heavy (non-hydrogen) atoms. The number of carboxylic acid groups (broad SMARTS) is 1. The highest BCUT2D eigenvalue weighted by Crippen LogP contribution is 1.98. The highest BCUT2D eigenvalue weighted by molar-refractivity contribution is 6.55. The molecule has 0 fully saturated rings. The number of aliphatic hydroxyl groups is 1. The number of likely N-dealkylation sites (N-methyl/N-ethyl adjacent to an activating group) is 1. The van der Waals surface area contributed by atoms with Crippen LogP contribution in [0.2, 0.25) is 19.1 Å². The van der Waals surface area contributed by atoms with Gasteiger partial charge in [0.25, 0.3) is 0 Å². The number of carbonyl (C=O) groups is 1. The molecule has 2 N–H and O–H groups in total.